The Labute approximate surface area is 179 Å². The second-order valence-corrected chi connectivity index (χ2v) is 7.76. The molecule has 0 unspecified atom stereocenters. The van der Waals surface area contributed by atoms with Crippen LogP contribution >= 0.6 is 11.6 Å². The molecule has 1 saturated heterocycles. The first-order chi connectivity index (χ1) is 14.6. The Morgan fingerprint density at radius 3 is 2.60 bits per heavy atom. The third-order valence-corrected chi connectivity index (χ3v) is 5.35. The molecule has 1 aliphatic heterocycles. The fraction of sp³-hybridized carbons (Fsp3) is 0.318. The molecule has 1 amide bonds. The van der Waals surface area contributed by atoms with Crippen molar-refractivity contribution < 1.29 is 9.53 Å². The molecule has 0 saturated carbocycles. The van der Waals surface area contributed by atoms with Crippen molar-refractivity contribution in [3.63, 3.8) is 0 Å². The molecule has 8 heteroatoms. The molecule has 4 rings (SSSR count). The molecule has 0 spiro atoms. The van der Waals surface area contributed by atoms with E-state index in [0.717, 1.165) is 44.0 Å². The number of nitrogens with zero attached hydrogens (tertiary/aromatic N) is 3. The molecule has 0 aliphatic carbocycles. The Kier molecular flexibility index (Phi) is 6.42. The van der Waals surface area contributed by atoms with E-state index in [4.69, 9.17) is 16.3 Å². The van der Waals surface area contributed by atoms with Crippen molar-refractivity contribution in [3.8, 4) is 0 Å². The molecular weight excluding hydrogens is 404 g/mol. The molecule has 2 aromatic heterocycles. The lowest BCUT2D eigenvalue weighted by molar-refractivity contribution is -0.120. The summed E-state index contributed by atoms with van der Waals surface area (Å²) in [6.07, 6.45) is 3.28. The minimum atomic E-state index is -0.228. The van der Waals surface area contributed by atoms with Gasteiger partial charge in [0.25, 0.3) is 5.56 Å². The number of halogens is 1. The lowest BCUT2D eigenvalue weighted by Gasteiger charge is -2.26. The van der Waals surface area contributed by atoms with Crippen molar-refractivity contribution in [2.75, 3.05) is 26.3 Å². The molecule has 0 atom stereocenters. The summed E-state index contributed by atoms with van der Waals surface area (Å²) in [5.74, 6) is -0.228. The Morgan fingerprint density at radius 1 is 1.10 bits per heavy atom. The quantitative estimate of drug-likeness (QED) is 0.652. The Morgan fingerprint density at radius 2 is 1.83 bits per heavy atom. The molecule has 0 radical (unpaired) electrons. The number of amides is 1. The summed E-state index contributed by atoms with van der Waals surface area (Å²) in [6, 6.07) is 11.1. The molecule has 1 fully saturated rings. The van der Waals surface area contributed by atoms with Gasteiger partial charge >= 0.3 is 0 Å². The van der Waals surface area contributed by atoms with E-state index in [0.29, 0.717) is 22.8 Å². The van der Waals surface area contributed by atoms with Crippen LogP contribution in [0.5, 0.6) is 0 Å². The number of carbonyl (C=O) groups excluding carboxylic acids is 1. The topological polar surface area (TPSA) is 75.9 Å². The lowest BCUT2D eigenvalue weighted by Crippen LogP contribution is -2.35. The van der Waals surface area contributed by atoms with Crippen LogP contribution in [-0.2, 0) is 29.0 Å². The third kappa shape index (κ3) is 5.05. The van der Waals surface area contributed by atoms with Gasteiger partial charge in [0.1, 0.15) is 5.65 Å². The number of ether oxygens (including phenoxy) is 1. The average molecular weight is 427 g/mol. The van der Waals surface area contributed by atoms with Crippen LogP contribution < -0.4 is 10.9 Å². The summed E-state index contributed by atoms with van der Waals surface area (Å²) in [5.41, 5.74) is 2.68. The first-order valence-electron chi connectivity index (χ1n) is 9.89. The van der Waals surface area contributed by atoms with E-state index in [-0.39, 0.29) is 17.9 Å². The van der Waals surface area contributed by atoms with Gasteiger partial charge in [0, 0.05) is 49.2 Å². The van der Waals surface area contributed by atoms with Gasteiger partial charge in [0.05, 0.1) is 19.6 Å². The third-order valence-electron chi connectivity index (χ3n) is 5.10. The van der Waals surface area contributed by atoms with E-state index < -0.39 is 0 Å². The standard InChI is InChI=1S/C22H23ClN4O3/c23-19-4-1-16(2-5-19)12-25-21(28)11-18-13-24-20-6-3-17(15-27(20)22(18)29)14-26-7-9-30-10-8-26/h1-6,13,15H,7-12,14H2,(H,25,28). The highest BCUT2D eigenvalue weighted by atomic mass is 35.5. The van der Waals surface area contributed by atoms with Gasteiger partial charge in [0.15, 0.2) is 0 Å². The van der Waals surface area contributed by atoms with Gasteiger partial charge in [-0.15, -0.1) is 0 Å². The summed E-state index contributed by atoms with van der Waals surface area (Å²) in [7, 11) is 0. The Hall–Kier alpha value is -2.74. The number of aromatic nitrogens is 2. The summed E-state index contributed by atoms with van der Waals surface area (Å²) in [5, 5.41) is 3.48. The van der Waals surface area contributed by atoms with E-state index in [9.17, 15) is 9.59 Å². The summed E-state index contributed by atoms with van der Waals surface area (Å²) < 4.78 is 6.91. The van der Waals surface area contributed by atoms with Crippen molar-refractivity contribution in [2.45, 2.75) is 19.5 Å². The maximum atomic E-state index is 12.9. The minimum absolute atomic E-state index is 0.0178. The van der Waals surface area contributed by atoms with Crippen molar-refractivity contribution in [3.05, 3.63) is 80.9 Å². The van der Waals surface area contributed by atoms with Gasteiger partial charge in [-0.25, -0.2) is 4.98 Å². The first kappa shape index (κ1) is 20.5. The van der Waals surface area contributed by atoms with Crippen LogP contribution in [0.15, 0.2) is 53.6 Å². The predicted molar refractivity (Wildman–Crippen MR) is 115 cm³/mol. The fourth-order valence-corrected chi connectivity index (χ4v) is 3.56. The van der Waals surface area contributed by atoms with Crippen LogP contribution in [0.3, 0.4) is 0 Å². The Bertz CT molecular complexity index is 1090. The molecule has 3 heterocycles. The highest BCUT2D eigenvalue weighted by molar-refractivity contribution is 6.30. The molecule has 156 valence electrons. The van der Waals surface area contributed by atoms with Crippen molar-refractivity contribution >= 4 is 23.2 Å². The molecule has 3 aromatic rings. The van der Waals surface area contributed by atoms with Crippen LogP contribution in [0.25, 0.3) is 5.65 Å². The number of nitrogens with one attached hydrogen (secondary N) is 1. The number of morpholine rings is 1. The maximum absolute atomic E-state index is 12.9. The van der Waals surface area contributed by atoms with Gasteiger partial charge in [-0.2, -0.15) is 0 Å². The first-order valence-corrected chi connectivity index (χ1v) is 10.3. The van der Waals surface area contributed by atoms with Gasteiger partial charge in [-0.05, 0) is 29.3 Å². The number of benzene rings is 1. The Balaban J connectivity index is 1.45. The van der Waals surface area contributed by atoms with Crippen molar-refractivity contribution in [1.29, 1.82) is 0 Å². The zero-order chi connectivity index (χ0) is 20.9. The number of pyridine rings is 1. The highest BCUT2D eigenvalue weighted by Crippen LogP contribution is 2.10. The summed E-state index contributed by atoms with van der Waals surface area (Å²) in [4.78, 5) is 31.9. The van der Waals surface area contributed by atoms with Gasteiger partial charge in [-0.1, -0.05) is 29.8 Å². The van der Waals surface area contributed by atoms with Crippen LogP contribution in [0.4, 0.5) is 0 Å². The molecular formula is C22H23ClN4O3. The normalized spacial score (nSPS) is 14.7. The van der Waals surface area contributed by atoms with Crippen molar-refractivity contribution in [2.24, 2.45) is 0 Å². The monoisotopic (exact) mass is 426 g/mol. The molecule has 30 heavy (non-hydrogen) atoms. The molecule has 1 aromatic carbocycles. The second-order valence-electron chi connectivity index (χ2n) is 7.32. The van der Waals surface area contributed by atoms with Crippen LogP contribution in [0, 0.1) is 0 Å². The smallest absolute Gasteiger partial charge is 0.261 e. The largest absolute Gasteiger partial charge is 0.379 e. The van der Waals surface area contributed by atoms with E-state index >= 15 is 0 Å². The minimum Gasteiger partial charge on any atom is -0.379 e. The highest BCUT2D eigenvalue weighted by Gasteiger charge is 2.13. The predicted octanol–water partition coefficient (Wildman–Crippen LogP) is 2.04. The number of hydrogen-bond acceptors (Lipinski definition) is 5. The van der Waals surface area contributed by atoms with E-state index in [1.54, 1.807) is 12.1 Å². The van der Waals surface area contributed by atoms with E-state index in [1.807, 2.05) is 30.5 Å². The number of fused-ring (bicyclic) bond motifs is 1. The summed E-state index contributed by atoms with van der Waals surface area (Å²) in [6.45, 7) is 4.33. The van der Waals surface area contributed by atoms with Crippen LogP contribution in [0.1, 0.15) is 16.7 Å². The molecule has 7 nitrogen and oxygen atoms in total. The average Bonchev–Trinajstić information content (AvgIpc) is 2.76. The van der Waals surface area contributed by atoms with Crippen molar-refractivity contribution in [1.82, 2.24) is 19.6 Å². The molecule has 0 bridgehead atoms. The number of rotatable bonds is 6. The number of carbonyl (C=O) groups is 1. The van der Waals surface area contributed by atoms with Crippen LogP contribution in [-0.4, -0.2) is 46.5 Å². The fourth-order valence-electron chi connectivity index (χ4n) is 3.43. The number of hydrogen-bond donors (Lipinski definition) is 1. The zero-order valence-electron chi connectivity index (χ0n) is 16.5. The summed E-state index contributed by atoms with van der Waals surface area (Å²) >= 11 is 5.87. The SMILES string of the molecule is O=C(Cc1cnc2ccc(CN3CCOCC3)cn2c1=O)NCc1ccc(Cl)cc1. The van der Waals surface area contributed by atoms with Gasteiger partial charge in [-0.3, -0.25) is 18.9 Å². The molecule has 1 N–H and O–H groups in total. The van der Waals surface area contributed by atoms with Gasteiger partial charge in [0.2, 0.25) is 5.91 Å². The maximum Gasteiger partial charge on any atom is 0.261 e. The van der Waals surface area contributed by atoms with E-state index in [2.05, 4.69) is 15.2 Å². The molecule has 1 aliphatic rings. The van der Waals surface area contributed by atoms with Crippen LogP contribution in [0.2, 0.25) is 5.02 Å². The van der Waals surface area contributed by atoms with Gasteiger partial charge < -0.3 is 10.1 Å². The van der Waals surface area contributed by atoms with E-state index in [1.165, 1.54) is 10.6 Å². The second kappa shape index (κ2) is 9.38. The zero-order valence-corrected chi connectivity index (χ0v) is 17.3. The lowest BCUT2D eigenvalue weighted by atomic mass is 10.2.